The van der Waals surface area contributed by atoms with Crippen LogP contribution in [0.3, 0.4) is 0 Å². The number of carboxylic acid groups (broad SMARTS) is 1. The fraction of sp³-hybridized carbons (Fsp3) is 0.250. The van der Waals surface area contributed by atoms with Crippen molar-refractivity contribution in [3.63, 3.8) is 0 Å². The molecule has 1 unspecified atom stereocenters. The SMILES string of the molecule is O=C(O)C1Cc2ccc(Cl)cc2CN1Cc1cccnc1. The van der Waals surface area contributed by atoms with E-state index in [0.29, 0.717) is 24.5 Å². The molecule has 1 aliphatic rings. The Morgan fingerprint density at radius 3 is 2.95 bits per heavy atom. The molecule has 1 aliphatic heterocycles. The number of hydrogen-bond acceptors (Lipinski definition) is 3. The quantitative estimate of drug-likeness (QED) is 0.947. The van der Waals surface area contributed by atoms with E-state index >= 15 is 0 Å². The Hall–Kier alpha value is -1.91. The van der Waals surface area contributed by atoms with Crippen LogP contribution < -0.4 is 0 Å². The molecule has 4 nitrogen and oxygen atoms in total. The van der Waals surface area contributed by atoms with E-state index in [1.54, 1.807) is 12.4 Å². The summed E-state index contributed by atoms with van der Waals surface area (Å²) in [4.78, 5) is 17.6. The average molecular weight is 303 g/mol. The zero-order valence-corrected chi connectivity index (χ0v) is 12.1. The van der Waals surface area contributed by atoms with Gasteiger partial charge in [-0.2, -0.15) is 0 Å². The molecule has 0 aliphatic carbocycles. The van der Waals surface area contributed by atoms with Crippen LogP contribution in [0.4, 0.5) is 0 Å². The van der Waals surface area contributed by atoms with E-state index in [4.69, 9.17) is 11.6 Å². The topological polar surface area (TPSA) is 53.4 Å². The molecule has 0 saturated heterocycles. The highest BCUT2D eigenvalue weighted by Gasteiger charge is 2.31. The second kappa shape index (κ2) is 5.84. The first-order valence-electron chi connectivity index (χ1n) is 6.76. The Morgan fingerprint density at radius 2 is 2.24 bits per heavy atom. The van der Waals surface area contributed by atoms with Crippen molar-refractivity contribution in [1.82, 2.24) is 9.88 Å². The first kappa shape index (κ1) is 14.0. The Morgan fingerprint density at radius 1 is 1.38 bits per heavy atom. The highest BCUT2D eigenvalue weighted by molar-refractivity contribution is 6.30. The van der Waals surface area contributed by atoms with Crippen molar-refractivity contribution in [1.29, 1.82) is 0 Å². The van der Waals surface area contributed by atoms with Gasteiger partial charge in [-0.25, -0.2) is 0 Å². The molecular weight excluding hydrogens is 288 g/mol. The molecular formula is C16H15ClN2O2. The standard InChI is InChI=1S/C16H15ClN2O2/c17-14-4-3-12-7-15(16(20)21)19(10-13(12)6-14)9-11-2-1-5-18-8-11/h1-6,8,15H,7,9-10H2,(H,20,21). The number of benzene rings is 1. The molecule has 3 rings (SSSR count). The maximum atomic E-state index is 11.5. The predicted molar refractivity (Wildman–Crippen MR) is 80.1 cm³/mol. The van der Waals surface area contributed by atoms with E-state index in [1.807, 2.05) is 35.2 Å². The second-order valence-corrected chi connectivity index (χ2v) is 5.67. The average Bonchev–Trinajstić information content (AvgIpc) is 2.47. The smallest absolute Gasteiger partial charge is 0.321 e. The van der Waals surface area contributed by atoms with Gasteiger partial charge in [0.05, 0.1) is 0 Å². The third-order valence-electron chi connectivity index (χ3n) is 3.79. The summed E-state index contributed by atoms with van der Waals surface area (Å²) < 4.78 is 0. The number of carboxylic acids is 1. The van der Waals surface area contributed by atoms with Gasteiger partial charge in [-0.3, -0.25) is 14.7 Å². The fourth-order valence-electron chi connectivity index (χ4n) is 2.74. The van der Waals surface area contributed by atoms with Gasteiger partial charge in [-0.15, -0.1) is 0 Å². The van der Waals surface area contributed by atoms with Crippen LogP contribution in [0.15, 0.2) is 42.7 Å². The highest BCUT2D eigenvalue weighted by atomic mass is 35.5. The van der Waals surface area contributed by atoms with E-state index < -0.39 is 12.0 Å². The maximum absolute atomic E-state index is 11.5. The molecule has 1 N–H and O–H groups in total. The van der Waals surface area contributed by atoms with Crippen LogP contribution >= 0.6 is 11.6 Å². The minimum Gasteiger partial charge on any atom is -0.480 e. The lowest BCUT2D eigenvalue weighted by Crippen LogP contribution is -2.45. The number of nitrogens with zero attached hydrogens (tertiary/aromatic N) is 2. The molecule has 0 radical (unpaired) electrons. The van der Waals surface area contributed by atoms with E-state index in [0.717, 1.165) is 16.7 Å². The van der Waals surface area contributed by atoms with Crippen molar-refractivity contribution in [3.8, 4) is 0 Å². The van der Waals surface area contributed by atoms with Crippen molar-refractivity contribution in [2.24, 2.45) is 0 Å². The Labute approximate surface area is 128 Å². The van der Waals surface area contributed by atoms with Crippen LogP contribution in [-0.2, 0) is 24.3 Å². The van der Waals surface area contributed by atoms with Crippen LogP contribution in [0.5, 0.6) is 0 Å². The molecule has 0 spiro atoms. The Bertz CT molecular complexity index is 661. The zero-order valence-electron chi connectivity index (χ0n) is 11.4. The third-order valence-corrected chi connectivity index (χ3v) is 4.02. The van der Waals surface area contributed by atoms with Crippen molar-refractivity contribution >= 4 is 17.6 Å². The summed E-state index contributed by atoms with van der Waals surface area (Å²) in [5.41, 5.74) is 3.17. The monoisotopic (exact) mass is 302 g/mol. The predicted octanol–water partition coefficient (Wildman–Crippen LogP) is 2.75. The molecule has 1 aromatic heterocycles. The number of aromatic nitrogens is 1. The molecule has 0 amide bonds. The molecule has 2 aromatic rings. The number of aliphatic carboxylic acids is 1. The lowest BCUT2D eigenvalue weighted by atomic mass is 9.93. The molecule has 0 bridgehead atoms. The van der Waals surface area contributed by atoms with Crippen molar-refractivity contribution in [2.45, 2.75) is 25.6 Å². The molecule has 108 valence electrons. The first-order chi connectivity index (χ1) is 10.1. The summed E-state index contributed by atoms with van der Waals surface area (Å²) in [6, 6.07) is 8.97. The van der Waals surface area contributed by atoms with Gasteiger partial charge in [0.25, 0.3) is 0 Å². The van der Waals surface area contributed by atoms with Gasteiger partial charge in [0.1, 0.15) is 6.04 Å². The van der Waals surface area contributed by atoms with Gasteiger partial charge in [0, 0.05) is 30.5 Å². The first-order valence-corrected chi connectivity index (χ1v) is 7.14. The second-order valence-electron chi connectivity index (χ2n) is 5.24. The van der Waals surface area contributed by atoms with Crippen LogP contribution in [0.1, 0.15) is 16.7 Å². The van der Waals surface area contributed by atoms with Gasteiger partial charge in [-0.1, -0.05) is 23.7 Å². The van der Waals surface area contributed by atoms with E-state index in [1.165, 1.54) is 0 Å². The van der Waals surface area contributed by atoms with Crippen LogP contribution in [0.25, 0.3) is 0 Å². The number of carbonyl (C=O) groups is 1. The van der Waals surface area contributed by atoms with Crippen molar-refractivity contribution < 1.29 is 9.90 Å². The van der Waals surface area contributed by atoms with Crippen molar-refractivity contribution in [3.05, 3.63) is 64.4 Å². The summed E-state index contributed by atoms with van der Waals surface area (Å²) in [5, 5.41) is 10.2. The number of rotatable bonds is 3. The largest absolute Gasteiger partial charge is 0.480 e. The van der Waals surface area contributed by atoms with Crippen molar-refractivity contribution in [2.75, 3.05) is 0 Å². The van der Waals surface area contributed by atoms with Gasteiger partial charge in [0.2, 0.25) is 0 Å². The normalized spacial score (nSPS) is 18.2. The minimum absolute atomic E-state index is 0.502. The zero-order chi connectivity index (χ0) is 14.8. The summed E-state index contributed by atoms with van der Waals surface area (Å²) in [6.07, 6.45) is 3.98. The summed E-state index contributed by atoms with van der Waals surface area (Å²) in [5.74, 6) is -0.792. The van der Waals surface area contributed by atoms with Crippen LogP contribution in [-0.4, -0.2) is 27.0 Å². The number of fused-ring (bicyclic) bond motifs is 1. The number of pyridine rings is 1. The summed E-state index contributed by atoms with van der Waals surface area (Å²) in [7, 11) is 0. The fourth-order valence-corrected chi connectivity index (χ4v) is 2.94. The lowest BCUT2D eigenvalue weighted by molar-refractivity contribution is -0.144. The van der Waals surface area contributed by atoms with Gasteiger partial charge in [-0.05, 0) is 41.3 Å². The molecule has 0 saturated carbocycles. The molecule has 1 aromatic carbocycles. The molecule has 2 heterocycles. The molecule has 0 fully saturated rings. The molecule has 5 heteroatoms. The minimum atomic E-state index is -0.792. The summed E-state index contributed by atoms with van der Waals surface area (Å²) in [6.45, 7) is 1.15. The van der Waals surface area contributed by atoms with Crippen LogP contribution in [0.2, 0.25) is 5.02 Å². The van der Waals surface area contributed by atoms with E-state index in [2.05, 4.69) is 4.98 Å². The molecule has 1 atom stereocenters. The maximum Gasteiger partial charge on any atom is 0.321 e. The molecule has 21 heavy (non-hydrogen) atoms. The van der Waals surface area contributed by atoms with Gasteiger partial charge >= 0.3 is 5.97 Å². The lowest BCUT2D eigenvalue weighted by Gasteiger charge is -2.34. The van der Waals surface area contributed by atoms with Crippen LogP contribution in [0, 0.1) is 0 Å². The van der Waals surface area contributed by atoms with Gasteiger partial charge < -0.3 is 5.11 Å². The Balaban J connectivity index is 1.89. The van der Waals surface area contributed by atoms with E-state index in [9.17, 15) is 9.90 Å². The Kier molecular flexibility index (Phi) is 3.90. The van der Waals surface area contributed by atoms with Gasteiger partial charge in [0.15, 0.2) is 0 Å². The third kappa shape index (κ3) is 3.06. The number of hydrogen-bond donors (Lipinski definition) is 1. The summed E-state index contributed by atoms with van der Waals surface area (Å²) >= 11 is 6.04. The number of halogens is 1. The van der Waals surface area contributed by atoms with E-state index in [-0.39, 0.29) is 0 Å². The highest BCUT2D eigenvalue weighted by Crippen LogP contribution is 2.27.